The number of aliphatic hydroxyl groups is 1. The van der Waals surface area contributed by atoms with Gasteiger partial charge in [0.15, 0.2) is 0 Å². The molecule has 0 bridgehead atoms. The van der Waals surface area contributed by atoms with Crippen LogP contribution in [-0.4, -0.2) is 77.5 Å². The lowest BCUT2D eigenvalue weighted by molar-refractivity contribution is -0.137. The van der Waals surface area contributed by atoms with Crippen LogP contribution in [0.3, 0.4) is 0 Å². The van der Waals surface area contributed by atoms with Crippen molar-refractivity contribution in [3.63, 3.8) is 0 Å². The molecule has 2 aliphatic heterocycles. The van der Waals surface area contributed by atoms with Gasteiger partial charge in [-0.2, -0.15) is 0 Å². The van der Waals surface area contributed by atoms with Crippen molar-refractivity contribution < 1.29 is 14.7 Å². The van der Waals surface area contributed by atoms with Crippen molar-refractivity contribution >= 4 is 40.6 Å². The zero-order valence-electron chi connectivity index (χ0n) is 14.8. The Balaban J connectivity index is 2.01. The molecule has 2 amide bonds. The van der Waals surface area contributed by atoms with E-state index in [2.05, 4.69) is 11.5 Å². The number of hydrogen-bond donors (Lipinski definition) is 1. The number of benzene rings is 1. The first kappa shape index (κ1) is 19.9. The van der Waals surface area contributed by atoms with E-state index in [0.717, 1.165) is 0 Å². The van der Waals surface area contributed by atoms with Gasteiger partial charge in [0.05, 0.1) is 17.2 Å². The molecule has 27 heavy (non-hydrogen) atoms. The third-order valence-electron chi connectivity index (χ3n) is 4.76. The summed E-state index contributed by atoms with van der Waals surface area (Å²) < 4.78 is 0. The number of aliphatic hydroxyl groups excluding tert-OH is 1. The number of nitrogens with zero attached hydrogens (tertiary/aromatic N) is 3. The molecule has 1 fully saturated rings. The van der Waals surface area contributed by atoms with Crippen LogP contribution in [0, 0.1) is 0 Å². The number of hydrogen-bond acceptors (Lipinski definition) is 5. The van der Waals surface area contributed by atoms with Crippen LogP contribution in [-0.2, 0) is 9.59 Å². The molecule has 8 heteroatoms. The first-order valence-electron chi connectivity index (χ1n) is 8.73. The molecule has 0 saturated carbocycles. The molecule has 0 spiro atoms. The summed E-state index contributed by atoms with van der Waals surface area (Å²) in [6, 6.07) is 4.89. The van der Waals surface area contributed by atoms with Gasteiger partial charge < -0.3 is 10.0 Å². The smallest absolute Gasteiger partial charge is 0.278 e. The lowest BCUT2D eigenvalue weighted by Crippen LogP contribution is -2.48. The first-order chi connectivity index (χ1) is 13.0. The van der Waals surface area contributed by atoms with E-state index in [1.54, 1.807) is 18.2 Å². The summed E-state index contributed by atoms with van der Waals surface area (Å²) in [7, 11) is 0. The van der Waals surface area contributed by atoms with E-state index in [-0.39, 0.29) is 25.0 Å². The Morgan fingerprint density at radius 3 is 2.41 bits per heavy atom. The van der Waals surface area contributed by atoms with E-state index in [1.165, 1.54) is 11.0 Å². The fraction of sp³-hybridized carbons (Fsp3) is 0.368. The lowest BCUT2D eigenvalue weighted by atomic mass is 10.0. The summed E-state index contributed by atoms with van der Waals surface area (Å²) in [5.41, 5.74) is 1.17. The number of piperazine rings is 1. The SMILES string of the molecule is C=CCN1C(=O)C(c2ccc(Cl)cc2Cl)=C(N2CCN(CCO)CC2)C1=O. The number of imide groups is 1. The zero-order chi connectivity index (χ0) is 19.6. The highest BCUT2D eigenvalue weighted by molar-refractivity contribution is 6.41. The summed E-state index contributed by atoms with van der Waals surface area (Å²) in [6.07, 6.45) is 1.53. The molecular weight excluding hydrogens is 389 g/mol. The average Bonchev–Trinajstić information content (AvgIpc) is 2.88. The summed E-state index contributed by atoms with van der Waals surface area (Å²) in [6.45, 7) is 7.05. The molecule has 144 valence electrons. The van der Waals surface area contributed by atoms with Gasteiger partial charge in [0.2, 0.25) is 0 Å². The standard InChI is InChI=1S/C19H21Cl2N3O3/c1-2-5-24-18(26)16(14-4-3-13(20)12-15(14)21)17(19(24)27)23-8-6-22(7-9-23)10-11-25/h2-4,12,25H,1,5-11H2. The van der Waals surface area contributed by atoms with E-state index in [0.29, 0.717) is 59.6 Å². The Morgan fingerprint density at radius 1 is 1.11 bits per heavy atom. The highest BCUT2D eigenvalue weighted by atomic mass is 35.5. The first-order valence-corrected chi connectivity index (χ1v) is 9.48. The number of carbonyl (C=O) groups is 2. The fourth-order valence-electron chi connectivity index (χ4n) is 3.42. The minimum Gasteiger partial charge on any atom is -0.395 e. The van der Waals surface area contributed by atoms with Crippen LogP contribution in [0.1, 0.15) is 5.56 Å². The summed E-state index contributed by atoms with van der Waals surface area (Å²) in [4.78, 5) is 31.2. The van der Waals surface area contributed by atoms with Crippen molar-refractivity contribution in [2.45, 2.75) is 0 Å². The van der Waals surface area contributed by atoms with Gasteiger partial charge in [0.1, 0.15) is 5.70 Å². The molecule has 0 unspecified atom stereocenters. The third-order valence-corrected chi connectivity index (χ3v) is 5.31. The Bertz CT molecular complexity index is 801. The van der Waals surface area contributed by atoms with E-state index in [4.69, 9.17) is 28.3 Å². The minimum atomic E-state index is -0.378. The predicted molar refractivity (Wildman–Crippen MR) is 105 cm³/mol. The molecule has 1 saturated heterocycles. The Kier molecular flexibility index (Phi) is 6.22. The fourth-order valence-corrected chi connectivity index (χ4v) is 3.93. The molecule has 1 N–H and O–H groups in total. The quantitative estimate of drug-likeness (QED) is 0.573. The number of β-amino-alcohol motifs (C(OH)–C–C–N with tert-alkyl or cyclic N) is 1. The van der Waals surface area contributed by atoms with Crippen molar-refractivity contribution in [2.75, 3.05) is 45.9 Å². The van der Waals surface area contributed by atoms with E-state index < -0.39 is 0 Å². The van der Waals surface area contributed by atoms with Crippen molar-refractivity contribution in [3.8, 4) is 0 Å². The van der Waals surface area contributed by atoms with E-state index in [1.807, 2.05) is 4.90 Å². The lowest BCUT2D eigenvalue weighted by Gasteiger charge is -2.36. The number of rotatable bonds is 6. The highest BCUT2D eigenvalue weighted by Crippen LogP contribution is 2.36. The molecule has 1 aromatic carbocycles. The number of amides is 2. The maximum Gasteiger partial charge on any atom is 0.278 e. The van der Waals surface area contributed by atoms with Gasteiger partial charge in [0, 0.05) is 49.9 Å². The largest absolute Gasteiger partial charge is 0.395 e. The molecule has 6 nitrogen and oxygen atoms in total. The van der Waals surface area contributed by atoms with Crippen molar-refractivity contribution in [2.24, 2.45) is 0 Å². The van der Waals surface area contributed by atoms with Crippen LogP contribution < -0.4 is 0 Å². The van der Waals surface area contributed by atoms with Gasteiger partial charge in [0.25, 0.3) is 11.8 Å². The zero-order valence-corrected chi connectivity index (χ0v) is 16.3. The Labute approximate surface area is 168 Å². The Hall–Kier alpha value is -1.86. The third kappa shape index (κ3) is 3.89. The Morgan fingerprint density at radius 2 is 1.81 bits per heavy atom. The molecular formula is C19H21Cl2N3O3. The van der Waals surface area contributed by atoms with Crippen molar-refractivity contribution in [1.82, 2.24) is 14.7 Å². The van der Waals surface area contributed by atoms with Gasteiger partial charge in [-0.15, -0.1) is 6.58 Å². The second-order valence-corrected chi connectivity index (χ2v) is 7.25. The second kappa shape index (κ2) is 8.44. The van der Waals surface area contributed by atoms with Gasteiger partial charge in [-0.1, -0.05) is 35.3 Å². The van der Waals surface area contributed by atoms with Crippen LogP contribution in [0.25, 0.3) is 5.57 Å². The molecule has 0 aliphatic carbocycles. The maximum absolute atomic E-state index is 13.0. The molecule has 2 heterocycles. The number of carbonyl (C=O) groups excluding carboxylic acids is 2. The van der Waals surface area contributed by atoms with Crippen molar-refractivity contribution in [1.29, 1.82) is 0 Å². The monoisotopic (exact) mass is 409 g/mol. The highest BCUT2D eigenvalue weighted by Gasteiger charge is 2.42. The van der Waals surface area contributed by atoms with Gasteiger partial charge in [-0.25, -0.2) is 0 Å². The van der Waals surface area contributed by atoms with Crippen LogP contribution in [0.5, 0.6) is 0 Å². The summed E-state index contributed by atoms with van der Waals surface area (Å²) >= 11 is 12.3. The van der Waals surface area contributed by atoms with Crippen LogP contribution in [0.15, 0.2) is 36.6 Å². The molecule has 0 radical (unpaired) electrons. The normalized spacial score (nSPS) is 18.6. The van der Waals surface area contributed by atoms with Crippen LogP contribution in [0.4, 0.5) is 0 Å². The maximum atomic E-state index is 13.0. The predicted octanol–water partition coefficient (Wildman–Crippen LogP) is 1.87. The van der Waals surface area contributed by atoms with Gasteiger partial charge in [-0.3, -0.25) is 19.4 Å². The second-order valence-electron chi connectivity index (χ2n) is 6.41. The summed E-state index contributed by atoms with van der Waals surface area (Å²) in [5.74, 6) is -0.714. The van der Waals surface area contributed by atoms with Gasteiger partial charge in [-0.05, 0) is 12.1 Å². The average molecular weight is 410 g/mol. The van der Waals surface area contributed by atoms with Crippen LogP contribution >= 0.6 is 23.2 Å². The van der Waals surface area contributed by atoms with Gasteiger partial charge >= 0.3 is 0 Å². The molecule has 0 aromatic heterocycles. The molecule has 2 aliphatic rings. The minimum absolute atomic E-state index is 0.0961. The topological polar surface area (TPSA) is 64.1 Å². The van der Waals surface area contributed by atoms with Crippen molar-refractivity contribution in [3.05, 3.63) is 52.2 Å². The molecule has 0 atom stereocenters. The van der Waals surface area contributed by atoms with E-state index in [9.17, 15) is 9.59 Å². The number of halogens is 2. The molecule has 3 rings (SSSR count). The molecule has 1 aromatic rings. The summed E-state index contributed by atoms with van der Waals surface area (Å²) in [5, 5.41) is 9.90. The van der Waals surface area contributed by atoms with Crippen LogP contribution in [0.2, 0.25) is 10.0 Å². The van der Waals surface area contributed by atoms with E-state index >= 15 is 0 Å².